The number of hydrogen-bond donors (Lipinski definition) is 0. The van der Waals surface area contributed by atoms with Gasteiger partial charge in [-0.3, -0.25) is 9.36 Å². The molecule has 0 radical (unpaired) electrons. The second kappa shape index (κ2) is 7.39. The maximum atomic E-state index is 13.9. The number of carbonyl (C=O) groups is 2. The average Bonchev–Trinajstić information content (AvgIpc) is 3.06. The molecule has 0 aliphatic carbocycles. The molecule has 1 aromatic heterocycles. The van der Waals surface area contributed by atoms with E-state index in [1.54, 1.807) is 43.3 Å². The van der Waals surface area contributed by atoms with Gasteiger partial charge >= 0.3 is 5.97 Å². The van der Waals surface area contributed by atoms with Crippen LogP contribution in [0.25, 0.3) is 10.9 Å². The van der Waals surface area contributed by atoms with Crippen molar-refractivity contribution in [1.82, 2.24) is 4.57 Å². The molecule has 2 aromatic carbocycles. The number of fused-ring (bicyclic) bond motifs is 1. The third kappa shape index (κ3) is 3.18. The molecule has 0 aliphatic rings. The van der Waals surface area contributed by atoms with Crippen LogP contribution in [0.4, 0.5) is 4.39 Å². The molecule has 0 aliphatic heterocycles. The van der Waals surface area contributed by atoms with Gasteiger partial charge in [-0.05, 0) is 24.6 Å². The number of esters is 1. The maximum Gasteiger partial charge on any atom is 0.340 e. The lowest BCUT2D eigenvalue weighted by Gasteiger charge is -2.17. The van der Waals surface area contributed by atoms with Crippen molar-refractivity contribution in [2.24, 2.45) is 0 Å². The van der Waals surface area contributed by atoms with Crippen LogP contribution in [0, 0.1) is 5.82 Å². The van der Waals surface area contributed by atoms with Crippen molar-refractivity contribution in [2.45, 2.75) is 19.4 Å². The summed E-state index contributed by atoms with van der Waals surface area (Å²) >= 11 is 0. The molecule has 5 nitrogen and oxygen atoms in total. The minimum Gasteiger partial charge on any atom is -0.478 e. The number of methoxy groups -OCH3 is 1. The Morgan fingerprint density at radius 1 is 1.12 bits per heavy atom. The summed E-state index contributed by atoms with van der Waals surface area (Å²) in [5.41, 5.74) is 0.852. The lowest BCUT2D eigenvalue weighted by Crippen LogP contribution is -2.31. The summed E-state index contributed by atoms with van der Waals surface area (Å²) in [6.07, 6.45) is 0.882. The summed E-state index contributed by atoms with van der Waals surface area (Å²) in [5.74, 6) is -1.44. The Labute approximate surface area is 149 Å². The van der Waals surface area contributed by atoms with Crippen LogP contribution in [-0.4, -0.2) is 29.7 Å². The highest BCUT2D eigenvalue weighted by Crippen LogP contribution is 2.24. The monoisotopic (exact) mass is 355 g/mol. The van der Waals surface area contributed by atoms with Crippen molar-refractivity contribution in [3.8, 4) is 5.75 Å². The molecule has 3 rings (SSSR count). The smallest absolute Gasteiger partial charge is 0.340 e. The molecular formula is C20H18FNO4. The summed E-state index contributed by atoms with van der Waals surface area (Å²) in [4.78, 5) is 25.0. The Bertz CT molecular complexity index is 963. The van der Waals surface area contributed by atoms with Crippen LogP contribution >= 0.6 is 0 Å². The van der Waals surface area contributed by atoms with E-state index in [2.05, 4.69) is 0 Å². The molecule has 0 bridgehead atoms. The molecule has 0 saturated carbocycles. The third-order valence-corrected chi connectivity index (χ3v) is 4.11. The van der Waals surface area contributed by atoms with Gasteiger partial charge in [0.1, 0.15) is 0 Å². The zero-order valence-corrected chi connectivity index (χ0v) is 14.4. The number of benzene rings is 2. The van der Waals surface area contributed by atoms with Gasteiger partial charge in [0.2, 0.25) is 0 Å². The highest BCUT2D eigenvalue weighted by atomic mass is 19.1. The van der Waals surface area contributed by atoms with Crippen molar-refractivity contribution >= 4 is 22.8 Å². The second-order valence-corrected chi connectivity index (χ2v) is 5.70. The van der Waals surface area contributed by atoms with E-state index < -0.39 is 17.9 Å². The Morgan fingerprint density at radius 3 is 2.50 bits per heavy atom. The van der Waals surface area contributed by atoms with Crippen LogP contribution in [0.3, 0.4) is 0 Å². The van der Waals surface area contributed by atoms with Crippen LogP contribution < -0.4 is 4.74 Å². The molecule has 0 fully saturated rings. The summed E-state index contributed by atoms with van der Waals surface area (Å²) in [6.45, 7) is 1.77. The Balaban J connectivity index is 2.00. The van der Waals surface area contributed by atoms with E-state index in [4.69, 9.17) is 9.47 Å². The minimum absolute atomic E-state index is 0.0114. The molecule has 1 heterocycles. The van der Waals surface area contributed by atoms with E-state index in [9.17, 15) is 14.0 Å². The van der Waals surface area contributed by atoms with Crippen LogP contribution in [0.15, 0.2) is 54.7 Å². The first-order valence-electron chi connectivity index (χ1n) is 8.20. The molecule has 3 aromatic rings. The van der Waals surface area contributed by atoms with E-state index in [1.165, 1.54) is 30.0 Å². The van der Waals surface area contributed by atoms with Crippen LogP contribution in [0.5, 0.6) is 5.75 Å². The van der Waals surface area contributed by atoms with Crippen molar-refractivity contribution in [2.75, 3.05) is 7.11 Å². The zero-order valence-electron chi connectivity index (χ0n) is 14.4. The fraction of sp³-hybridized carbons (Fsp3) is 0.200. The number of hydrogen-bond acceptors (Lipinski definition) is 4. The maximum absolute atomic E-state index is 13.9. The van der Waals surface area contributed by atoms with Crippen LogP contribution in [-0.2, 0) is 4.74 Å². The van der Waals surface area contributed by atoms with Crippen LogP contribution in [0.1, 0.15) is 28.5 Å². The molecule has 134 valence electrons. The fourth-order valence-corrected chi connectivity index (χ4v) is 2.79. The van der Waals surface area contributed by atoms with Crippen molar-refractivity contribution in [1.29, 1.82) is 0 Å². The average molecular weight is 355 g/mol. The Morgan fingerprint density at radius 2 is 1.81 bits per heavy atom. The van der Waals surface area contributed by atoms with Gasteiger partial charge in [0.25, 0.3) is 5.91 Å². The van der Waals surface area contributed by atoms with E-state index in [-0.39, 0.29) is 17.2 Å². The predicted molar refractivity (Wildman–Crippen MR) is 95.0 cm³/mol. The fourth-order valence-electron chi connectivity index (χ4n) is 2.79. The number of halogens is 1. The zero-order chi connectivity index (χ0) is 18.7. The molecule has 0 spiro atoms. The van der Waals surface area contributed by atoms with E-state index in [1.807, 2.05) is 0 Å². The quantitative estimate of drug-likeness (QED) is 0.648. The highest BCUT2D eigenvalue weighted by molar-refractivity contribution is 6.07. The molecule has 0 saturated heterocycles. The number of ether oxygens (including phenoxy) is 2. The molecule has 0 amide bonds. The lowest BCUT2D eigenvalue weighted by atomic mass is 10.2. The van der Waals surface area contributed by atoms with E-state index in [0.29, 0.717) is 17.3 Å². The molecule has 0 unspecified atom stereocenters. The largest absolute Gasteiger partial charge is 0.478 e. The number of rotatable bonds is 5. The Kier molecular flexibility index (Phi) is 5.02. The van der Waals surface area contributed by atoms with Crippen molar-refractivity contribution in [3.05, 3.63) is 66.1 Å². The normalized spacial score (nSPS) is 12.0. The SMILES string of the molecule is CC[C@@H](Oc1ccccc1F)C(=O)n1cc(C(=O)OC)c2ccccc21. The van der Waals surface area contributed by atoms with Gasteiger partial charge in [-0.2, -0.15) is 0 Å². The van der Waals surface area contributed by atoms with Crippen LogP contribution in [0.2, 0.25) is 0 Å². The Hall–Kier alpha value is -3.15. The minimum atomic E-state index is -0.895. The van der Waals surface area contributed by atoms with Gasteiger partial charge in [-0.15, -0.1) is 0 Å². The summed E-state index contributed by atoms with van der Waals surface area (Å²) < 4.78 is 25.6. The number of nitrogens with zero attached hydrogens (tertiary/aromatic N) is 1. The third-order valence-electron chi connectivity index (χ3n) is 4.11. The highest BCUT2D eigenvalue weighted by Gasteiger charge is 2.25. The lowest BCUT2D eigenvalue weighted by molar-refractivity contribution is 0.0602. The standard InChI is InChI=1S/C20H18FNO4/c1-3-17(26-18-11-7-5-9-15(18)21)19(23)22-12-14(20(24)25-2)13-8-4-6-10-16(13)22/h4-12,17H,3H2,1-2H3/t17-/m1/s1. The van der Waals surface area contributed by atoms with Gasteiger partial charge in [0.15, 0.2) is 17.7 Å². The van der Waals surface area contributed by atoms with E-state index in [0.717, 1.165) is 0 Å². The topological polar surface area (TPSA) is 57.5 Å². The molecule has 0 N–H and O–H groups in total. The molecule has 1 atom stereocenters. The molecule has 6 heteroatoms. The summed E-state index contributed by atoms with van der Waals surface area (Å²) in [5, 5.41) is 0.605. The first-order valence-corrected chi connectivity index (χ1v) is 8.20. The van der Waals surface area contributed by atoms with Gasteiger partial charge < -0.3 is 9.47 Å². The second-order valence-electron chi connectivity index (χ2n) is 5.70. The first-order chi connectivity index (χ1) is 12.6. The van der Waals surface area contributed by atoms with Crippen molar-refractivity contribution < 1.29 is 23.5 Å². The number of carbonyl (C=O) groups excluding carboxylic acids is 2. The van der Waals surface area contributed by atoms with Crippen molar-refractivity contribution in [3.63, 3.8) is 0 Å². The predicted octanol–water partition coefficient (Wildman–Crippen LogP) is 4.06. The van der Waals surface area contributed by atoms with Gasteiger partial charge in [0, 0.05) is 11.6 Å². The summed E-state index contributed by atoms with van der Waals surface area (Å²) in [7, 11) is 1.28. The number of aromatic nitrogens is 1. The van der Waals surface area contributed by atoms with Gasteiger partial charge in [-0.25, -0.2) is 9.18 Å². The molecule has 26 heavy (non-hydrogen) atoms. The molecular weight excluding hydrogens is 337 g/mol. The van der Waals surface area contributed by atoms with Gasteiger partial charge in [0.05, 0.1) is 18.2 Å². The number of para-hydroxylation sites is 2. The first kappa shape index (κ1) is 17.7. The summed E-state index contributed by atoms with van der Waals surface area (Å²) in [6, 6.07) is 12.9. The van der Waals surface area contributed by atoms with E-state index >= 15 is 0 Å². The van der Waals surface area contributed by atoms with Gasteiger partial charge in [-0.1, -0.05) is 37.3 Å².